The lowest BCUT2D eigenvalue weighted by Crippen LogP contribution is -2.39. The number of nitrogens with zero attached hydrogens (tertiary/aromatic N) is 3. The molecular formula is C20H25N3O2. The molecule has 0 bridgehead atoms. The van der Waals surface area contributed by atoms with Crippen molar-refractivity contribution in [1.29, 1.82) is 0 Å². The topological polar surface area (TPSA) is 59.2 Å². The summed E-state index contributed by atoms with van der Waals surface area (Å²) >= 11 is 0. The van der Waals surface area contributed by atoms with Gasteiger partial charge in [-0.3, -0.25) is 4.79 Å². The van der Waals surface area contributed by atoms with Crippen molar-refractivity contribution in [2.45, 2.75) is 57.4 Å². The number of hydrogen-bond acceptors (Lipinski definition) is 4. The van der Waals surface area contributed by atoms with Crippen molar-refractivity contribution >= 4 is 5.91 Å². The molecule has 0 radical (unpaired) electrons. The van der Waals surface area contributed by atoms with Crippen LogP contribution in [0.4, 0.5) is 0 Å². The van der Waals surface area contributed by atoms with Crippen molar-refractivity contribution in [2.75, 3.05) is 6.54 Å². The van der Waals surface area contributed by atoms with Gasteiger partial charge < -0.3 is 9.42 Å². The van der Waals surface area contributed by atoms with Gasteiger partial charge in [0.25, 0.3) is 0 Å². The van der Waals surface area contributed by atoms with Crippen LogP contribution < -0.4 is 0 Å². The summed E-state index contributed by atoms with van der Waals surface area (Å²) in [6.07, 6.45) is 5.85. The predicted octanol–water partition coefficient (Wildman–Crippen LogP) is 3.88. The van der Waals surface area contributed by atoms with Gasteiger partial charge in [0.15, 0.2) is 5.82 Å². The third-order valence-corrected chi connectivity index (χ3v) is 5.36. The summed E-state index contributed by atoms with van der Waals surface area (Å²) in [6.45, 7) is 2.90. The Labute approximate surface area is 148 Å². The van der Waals surface area contributed by atoms with Crippen LogP contribution >= 0.6 is 0 Å². The van der Waals surface area contributed by atoms with E-state index < -0.39 is 0 Å². The number of likely N-dealkylation sites (tertiary alicyclic amines) is 1. The van der Waals surface area contributed by atoms with E-state index in [4.69, 9.17) is 4.52 Å². The fourth-order valence-electron chi connectivity index (χ4n) is 3.93. The van der Waals surface area contributed by atoms with Crippen LogP contribution in [0.5, 0.6) is 0 Å². The highest BCUT2D eigenvalue weighted by molar-refractivity contribution is 5.83. The molecule has 1 aliphatic carbocycles. The van der Waals surface area contributed by atoms with Gasteiger partial charge in [0.2, 0.25) is 11.8 Å². The first-order valence-electron chi connectivity index (χ1n) is 9.46. The average Bonchev–Trinajstić information content (AvgIpc) is 3.33. The van der Waals surface area contributed by atoms with Crippen LogP contribution in [0.15, 0.2) is 34.9 Å². The summed E-state index contributed by atoms with van der Waals surface area (Å²) in [5.74, 6) is 2.11. The van der Waals surface area contributed by atoms with E-state index in [1.807, 2.05) is 23.1 Å². The Balaban J connectivity index is 1.48. The fraction of sp³-hybridized carbons (Fsp3) is 0.550. The molecule has 3 unspecified atom stereocenters. The predicted molar refractivity (Wildman–Crippen MR) is 93.9 cm³/mol. The van der Waals surface area contributed by atoms with Crippen LogP contribution in [0.1, 0.15) is 68.3 Å². The second-order valence-electron chi connectivity index (χ2n) is 7.20. The number of carbonyl (C=O) groups is 1. The van der Waals surface area contributed by atoms with Gasteiger partial charge >= 0.3 is 0 Å². The number of aromatic nitrogens is 2. The standard InChI is InChI=1S/C20H25N3O2/c1-2-8-18-21-19(25-22-18)17-11-6-7-12-23(17)20(24)16-13-15(16)14-9-4-3-5-10-14/h3-5,9-10,15-17H,2,6-8,11-13H2,1H3. The largest absolute Gasteiger partial charge is 0.337 e. The van der Waals surface area contributed by atoms with E-state index in [0.717, 1.165) is 50.9 Å². The Morgan fingerprint density at radius 3 is 2.92 bits per heavy atom. The maximum absolute atomic E-state index is 13.1. The summed E-state index contributed by atoms with van der Waals surface area (Å²) in [5, 5.41) is 4.07. The zero-order valence-electron chi connectivity index (χ0n) is 14.7. The lowest BCUT2D eigenvalue weighted by atomic mass is 10.0. The number of piperidine rings is 1. The molecule has 2 fully saturated rings. The maximum atomic E-state index is 13.1. The van der Waals surface area contributed by atoms with E-state index in [0.29, 0.717) is 11.8 Å². The van der Waals surface area contributed by atoms with Crippen LogP contribution in [-0.2, 0) is 11.2 Å². The fourth-order valence-corrected chi connectivity index (χ4v) is 3.93. The van der Waals surface area contributed by atoms with Crippen LogP contribution in [0, 0.1) is 5.92 Å². The average molecular weight is 339 g/mol. The SMILES string of the molecule is CCCc1noc(C2CCCCN2C(=O)C2CC2c2ccccc2)n1. The van der Waals surface area contributed by atoms with Gasteiger partial charge in [0, 0.05) is 18.9 Å². The molecule has 132 valence electrons. The van der Waals surface area contributed by atoms with E-state index in [9.17, 15) is 4.79 Å². The summed E-state index contributed by atoms with van der Waals surface area (Å²) < 4.78 is 5.49. The maximum Gasteiger partial charge on any atom is 0.249 e. The van der Waals surface area contributed by atoms with Gasteiger partial charge in [0.1, 0.15) is 6.04 Å². The quantitative estimate of drug-likeness (QED) is 0.829. The van der Waals surface area contributed by atoms with Crippen LogP contribution in [0.3, 0.4) is 0 Å². The molecule has 1 aliphatic heterocycles. The highest BCUT2D eigenvalue weighted by Gasteiger charge is 2.47. The number of rotatable bonds is 5. The summed E-state index contributed by atoms with van der Waals surface area (Å²) in [7, 11) is 0. The Hall–Kier alpha value is -2.17. The third-order valence-electron chi connectivity index (χ3n) is 5.36. The minimum atomic E-state index is -0.0450. The molecule has 4 rings (SSSR count). The number of carbonyl (C=O) groups excluding carboxylic acids is 1. The van der Waals surface area contributed by atoms with Crippen molar-refractivity contribution in [3.63, 3.8) is 0 Å². The Kier molecular flexibility index (Phi) is 4.55. The number of amides is 1. The van der Waals surface area contributed by atoms with Gasteiger partial charge in [-0.2, -0.15) is 4.98 Å². The molecule has 1 saturated heterocycles. The van der Waals surface area contributed by atoms with E-state index in [1.165, 1.54) is 5.56 Å². The molecule has 2 aliphatic rings. The Morgan fingerprint density at radius 2 is 2.12 bits per heavy atom. The second kappa shape index (κ2) is 6.98. The van der Waals surface area contributed by atoms with E-state index in [1.54, 1.807) is 0 Å². The zero-order chi connectivity index (χ0) is 17.2. The molecule has 25 heavy (non-hydrogen) atoms. The second-order valence-corrected chi connectivity index (χ2v) is 7.20. The first kappa shape index (κ1) is 16.3. The minimum absolute atomic E-state index is 0.0450. The van der Waals surface area contributed by atoms with Gasteiger partial charge in [0.05, 0.1) is 0 Å². The van der Waals surface area contributed by atoms with E-state index in [-0.39, 0.29) is 17.9 Å². The monoisotopic (exact) mass is 339 g/mol. The molecule has 3 atom stereocenters. The molecule has 1 aromatic carbocycles. The number of hydrogen-bond donors (Lipinski definition) is 0. The van der Waals surface area contributed by atoms with Gasteiger partial charge in [-0.25, -0.2) is 0 Å². The Morgan fingerprint density at radius 1 is 1.28 bits per heavy atom. The molecule has 1 aromatic heterocycles. The molecule has 0 spiro atoms. The van der Waals surface area contributed by atoms with Crippen molar-refractivity contribution in [2.24, 2.45) is 5.92 Å². The highest BCUT2D eigenvalue weighted by Crippen LogP contribution is 2.49. The van der Waals surface area contributed by atoms with E-state index in [2.05, 4.69) is 29.2 Å². The molecule has 5 nitrogen and oxygen atoms in total. The lowest BCUT2D eigenvalue weighted by molar-refractivity contribution is -0.137. The third kappa shape index (κ3) is 3.32. The molecule has 1 saturated carbocycles. The molecular weight excluding hydrogens is 314 g/mol. The van der Waals surface area contributed by atoms with Crippen molar-refractivity contribution < 1.29 is 9.32 Å². The Bertz CT molecular complexity index is 728. The smallest absolute Gasteiger partial charge is 0.249 e. The van der Waals surface area contributed by atoms with Gasteiger partial charge in [-0.05, 0) is 43.6 Å². The summed E-state index contributed by atoms with van der Waals surface area (Å²) in [6, 6.07) is 10.3. The number of benzene rings is 1. The van der Waals surface area contributed by atoms with Crippen molar-refractivity contribution in [1.82, 2.24) is 15.0 Å². The molecule has 0 N–H and O–H groups in total. The molecule has 2 heterocycles. The lowest BCUT2D eigenvalue weighted by Gasteiger charge is -2.33. The normalized spacial score (nSPS) is 25.8. The summed E-state index contributed by atoms with van der Waals surface area (Å²) in [4.78, 5) is 19.6. The van der Waals surface area contributed by atoms with Crippen molar-refractivity contribution in [3.05, 3.63) is 47.6 Å². The van der Waals surface area contributed by atoms with E-state index >= 15 is 0 Å². The van der Waals surface area contributed by atoms with Crippen LogP contribution in [-0.4, -0.2) is 27.5 Å². The molecule has 5 heteroatoms. The minimum Gasteiger partial charge on any atom is -0.337 e. The number of aryl methyl sites for hydroxylation is 1. The zero-order valence-corrected chi connectivity index (χ0v) is 14.7. The summed E-state index contributed by atoms with van der Waals surface area (Å²) in [5.41, 5.74) is 1.28. The van der Waals surface area contributed by atoms with Crippen LogP contribution in [0.25, 0.3) is 0 Å². The van der Waals surface area contributed by atoms with Crippen molar-refractivity contribution in [3.8, 4) is 0 Å². The van der Waals surface area contributed by atoms with Gasteiger partial charge in [-0.15, -0.1) is 0 Å². The van der Waals surface area contributed by atoms with Crippen LogP contribution in [0.2, 0.25) is 0 Å². The van der Waals surface area contributed by atoms with Gasteiger partial charge in [-0.1, -0.05) is 42.4 Å². The molecule has 1 amide bonds. The highest BCUT2D eigenvalue weighted by atomic mass is 16.5. The first-order valence-corrected chi connectivity index (χ1v) is 9.46. The first-order chi connectivity index (χ1) is 12.3. The molecule has 2 aromatic rings.